The maximum absolute atomic E-state index is 13.5. The van der Waals surface area contributed by atoms with Crippen molar-refractivity contribution in [2.24, 2.45) is 0 Å². The molecule has 0 saturated heterocycles. The van der Waals surface area contributed by atoms with E-state index < -0.39 is 11.8 Å². The van der Waals surface area contributed by atoms with Crippen molar-refractivity contribution < 1.29 is 19.1 Å². The van der Waals surface area contributed by atoms with E-state index in [0.717, 1.165) is 4.90 Å². The summed E-state index contributed by atoms with van der Waals surface area (Å²) < 4.78 is 10.7. The van der Waals surface area contributed by atoms with Crippen LogP contribution in [0.3, 0.4) is 0 Å². The molecule has 0 aromatic heterocycles. The SMILES string of the molecule is COc1cccc(NC2=C(c3ccccc3OC)C(=O)N(c3cccc(Cl)c3)C2=O)c1. The van der Waals surface area contributed by atoms with Crippen molar-refractivity contribution in [2.75, 3.05) is 24.4 Å². The molecule has 1 aliphatic rings. The monoisotopic (exact) mass is 434 g/mol. The first kappa shape index (κ1) is 20.5. The summed E-state index contributed by atoms with van der Waals surface area (Å²) in [6.07, 6.45) is 0. The van der Waals surface area contributed by atoms with Gasteiger partial charge in [0, 0.05) is 22.3 Å². The summed E-state index contributed by atoms with van der Waals surface area (Å²) in [5.41, 5.74) is 1.86. The summed E-state index contributed by atoms with van der Waals surface area (Å²) >= 11 is 6.11. The van der Waals surface area contributed by atoms with Gasteiger partial charge in [-0.15, -0.1) is 0 Å². The molecule has 7 heteroatoms. The van der Waals surface area contributed by atoms with Gasteiger partial charge in [-0.3, -0.25) is 9.59 Å². The Balaban J connectivity index is 1.86. The molecule has 0 saturated carbocycles. The van der Waals surface area contributed by atoms with Crippen molar-refractivity contribution >= 4 is 40.4 Å². The normalized spacial score (nSPS) is 13.6. The maximum Gasteiger partial charge on any atom is 0.282 e. The highest BCUT2D eigenvalue weighted by atomic mass is 35.5. The Kier molecular flexibility index (Phi) is 5.64. The number of amides is 2. The first-order chi connectivity index (χ1) is 15.0. The lowest BCUT2D eigenvalue weighted by Crippen LogP contribution is -2.32. The lowest BCUT2D eigenvalue weighted by molar-refractivity contribution is -0.120. The van der Waals surface area contributed by atoms with Gasteiger partial charge in [0.25, 0.3) is 11.8 Å². The van der Waals surface area contributed by atoms with Crippen molar-refractivity contribution in [3.8, 4) is 11.5 Å². The Bertz CT molecular complexity index is 1210. The second kappa shape index (κ2) is 8.53. The number of anilines is 2. The number of benzene rings is 3. The van der Waals surface area contributed by atoms with E-state index in [4.69, 9.17) is 21.1 Å². The molecule has 31 heavy (non-hydrogen) atoms. The molecular formula is C24H19ClN2O4. The third-order valence-electron chi connectivity index (χ3n) is 4.87. The molecule has 3 aromatic rings. The third kappa shape index (κ3) is 3.85. The molecule has 0 radical (unpaired) electrons. The fourth-order valence-corrected chi connectivity index (χ4v) is 3.63. The summed E-state index contributed by atoms with van der Waals surface area (Å²) in [4.78, 5) is 28.1. The van der Waals surface area contributed by atoms with Crippen LogP contribution >= 0.6 is 11.6 Å². The van der Waals surface area contributed by atoms with Gasteiger partial charge < -0.3 is 14.8 Å². The fourth-order valence-electron chi connectivity index (χ4n) is 3.44. The fraction of sp³-hybridized carbons (Fsp3) is 0.0833. The average molecular weight is 435 g/mol. The van der Waals surface area contributed by atoms with Gasteiger partial charge in [-0.25, -0.2) is 4.90 Å². The first-order valence-electron chi connectivity index (χ1n) is 9.46. The highest BCUT2D eigenvalue weighted by Gasteiger charge is 2.41. The summed E-state index contributed by atoms with van der Waals surface area (Å²) in [5, 5.41) is 3.53. The van der Waals surface area contributed by atoms with E-state index in [1.165, 1.54) is 7.11 Å². The molecule has 1 aliphatic heterocycles. The molecule has 0 bridgehead atoms. The van der Waals surface area contributed by atoms with Gasteiger partial charge in [0.15, 0.2) is 0 Å². The van der Waals surface area contributed by atoms with Crippen molar-refractivity contribution in [1.29, 1.82) is 0 Å². The molecule has 1 heterocycles. The average Bonchev–Trinajstić information content (AvgIpc) is 3.03. The van der Waals surface area contributed by atoms with E-state index in [-0.39, 0.29) is 11.3 Å². The lowest BCUT2D eigenvalue weighted by atomic mass is 10.0. The number of methoxy groups -OCH3 is 2. The van der Waals surface area contributed by atoms with Gasteiger partial charge in [-0.1, -0.05) is 41.9 Å². The van der Waals surface area contributed by atoms with Crippen LogP contribution in [-0.4, -0.2) is 26.0 Å². The van der Waals surface area contributed by atoms with E-state index in [1.807, 2.05) is 0 Å². The van der Waals surface area contributed by atoms with Crippen molar-refractivity contribution in [3.05, 3.63) is 89.1 Å². The van der Waals surface area contributed by atoms with Crippen LogP contribution in [0.2, 0.25) is 5.02 Å². The van der Waals surface area contributed by atoms with E-state index >= 15 is 0 Å². The number of nitrogens with one attached hydrogen (secondary N) is 1. The second-order valence-electron chi connectivity index (χ2n) is 6.73. The summed E-state index contributed by atoms with van der Waals surface area (Å²) in [6.45, 7) is 0. The standard InChI is InChI=1S/C24H19ClN2O4/c1-30-18-10-6-8-16(14-18)26-22-21(19-11-3-4-12-20(19)31-2)23(28)27(24(22)29)17-9-5-7-15(25)13-17/h3-14,26H,1-2H3. The minimum absolute atomic E-state index is 0.141. The molecule has 0 spiro atoms. The number of nitrogens with zero attached hydrogens (tertiary/aromatic N) is 1. The third-order valence-corrected chi connectivity index (χ3v) is 5.10. The number of carbonyl (C=O) groups excluding carboxylic acids is 2. The van der Waals surface area contributed by atoms with Crippen LogP contribution < -0.4 is 19.7 Å². The van der Waals surface area contributed by atoms with Gasteiger partial charge >= 0.3 is 0 Å². The highest BCUT2D eigenvalue weighted by molar-refractivity contribution is 6.46. The van der Waals surface area contributed by atoms with Crippen LogP contribution in [0, 0.1) is 0 Å². The Morgan fingerprint density at radius 2 is 1.61 bits per heavy atom. The van der Waals surface area contributed by atoms with Gasteiger partial charge in [0.2, 0.25) is 0 Å². The van der Waals surface area contributed by atoms with Crippen LogP contribution in [0.4, 0.5) is 11.4 Å². The quantitative estimate of drug-likeness (QED) is 0.567. The zero-order valence-electron chi connectivity index (χ0n) is 16.9. The Labute approximate surface area is 184 Å². The minimum atomic E-state index is -0.490. The Morgan fingerprint density at radius 1 is 0.839 bits per heavy atom. The minimum Gasteiger partial charge on any atom is -0.497 e. The van der Waals surface area contributed by atoms with Crippen LogP contribution in [-0.2, 0) is 9.59 Å². The van der Waals surface area contributed by atoms with Crippen LogP contribution in [0.1, 0.15) is 5.56 Å². The van der Waals surface area contributed by atoms with E-state index in [1.54, 1.807) is 79.9 Å². The molecule has 0 fully saturated rings. The van der Waals surface area contributed by atoms with Gasteiger partial charge in [0.1, 0.15) is 17.2 Å². The lowest BCUT2D eigenvalue weighted by Gasteiger charge is -2.16. The number of hydrogen-bond acceptors (Lipinski definition) is 5. The largest absolute Gasteiger partial charge is 0.497 e. The zero-order chi connectivity index (χ0) is 22.0. The predicted molar refractivity (Wildman–Crippen MR) is 120 cm³/mol. The number of rotatable bonds is 6. The van der Waals surface area contributed by atoms with Crippen molar-refractivity contribution in [1.82, 2.24) is 0 Å². The van der Waals surface area contributed by atoms with Gasteiger partial charge in [-0.2, -0.15) is 0 Å². The topological polar surface area (TPSA) is 67.9 Å². The number of halogens is 1. The molecule has 6 nitrogen and oxygen atoms in total. The summed E-state index contributed by atoms with van der Waals surface area (Å²) in [7, 11) is 3.08. The van der Waals surface area contributed by atoms with E-state index in [2.05, 4.69) is 5.32 Å². The predicted octanol–water partition coefficient (Wildman–Crippen LogP) is 4.75. The molecule has 2 amide bonds. The maximum atomic E-state index is 13.5. The molecule has 156 valence electrons. The second-order valence-corrected chi connectivity index (χ2v) is 7.17. The van der Waals surface area contributed by atoms with E-state index in [0.29, 0.717) is 33.5 Å². The molecule has 4 rings (SSSR count). The van der Waals surface area contributed by atoms with E-state index in [9.17, 15) is 9.59 Å². The van der Waals surface area contributed by atoms with Crippen LogP contribution in [0.5, 0.6) is 11.5 Å². The number of ether oxygens (including phenoxy) is 2. The summed E-state index contributed by atoms with van der Waals surface area (Å²) in [5.74, 6) is 0.141. The first-order valence-corrected chi connectivity index (χ1v) is 9.84. The molecule has 3 aromatic carbocycles. The van der Waals surface area contributed by atoms with Crippen LogP contribution in [0.15, 0.2) is 78.5 Å². The molecule has 0 unspecified atom stereocenters. The van der Waals surface area contributed by atoms with Gasteiger partial charge in [-0.05, 0) is 36.4 Å². The van der Waals surface area contributed by atoms with Gasteiger partial charge in [0.05, 0.1) is 25.5 Å². The summed E-state index contributed by atoms with van der Waals surface area (Å²) in [6, 6.07) is 20.8. The molecule has 0 atom stereocenters. The smallest absolute Gasteiger partial charge is 0.282 e. The Morgan fingerprint density at radius 3 is 2.35 bits per heavy atom. The number of imide groups is 1. The van der Waals surface area contributed by atoms with Crippen molar-refractivity contribution in [3.63, 3.8) is 0 Å². The van der Waals surface area contributed by atoms with Crippen molar-refractivity contribution in [2.45, 2.75) is 0 Å². The zero-order valence-corrected chi connectivity index (χ0v) is 17.6. The molecular weight excluding hydrogens is 416 g/mol. The molecule has 0 aliphatic carbocycles. The number of hydrogen-bond donors (Lipinski definition) is 1. The number of para-hydroxylation sites is 1. The number of carbonyl (C=O) groups is 2. The highest BCUT2D eigenvalue weighted by Crippen LogP contribution is 2.38. The Hall–Kier alpha value is -3.77. The van der Waals surface area contributed by atoms with Crippen LogP contribution in [0.25, 0.3) is 5.57 Å². The molecule has 1 N–H and O–H groups in total.